The number of aryl methyl sites for hydroxylation is 1. The number of aliphatic hydroxyl groups is 1. The highest BCUT2D eigenvalue weighted by Crippen LogP contribution is 2.44. The quantitative estimate of drug-likeness (QED) is 0.418. The van der Waals surface area contributed by atoms with Gasteiger partial charge in [-0.1, -0.05) is 0 Å². The first-order valence-electron chi connectivity index (χ1n) is 8.18. The minimum atomic E-state index is -4.74. The molecule has 5 N–H and O–H groups in total. The van der Waals surface area contributed by atoms with Crippen molar-refractivity contribution in [3.05, 3.63) is 17.4 Å². The molecule has 0 bridgehead atoms. The molecule has 1 aliphatic heterocycles. The van der Waals surface area contributed by atoms with Crippen molar-refractivity contribution in [2.24, 2.45) is 0 Å². The number of ether oxygens (including phenoxy) is 1. The first kappa shape index (κ1) is 19.3. The van der Waals surface area contributed by atoms with Crippen LogP contribution in [-0.4, -0.2) is 58.2 Å². The Morgan fingerprint density at radius 1 is 1.43 bits per heavy atom. The Bertz CT molecular complexity index is 1070. The molecule has 1 fully saturated rings. The van der Waals surface area contributed by atoms with E-state index in [9.17, 15) is 9.67 Å². The minimum Gasteiger partial charge on any atom is -0.394 e. The molecule has 0 aromatic carbocycles. The average Bonchev–Trinajstić information content (AvgIpc) is 3.30. The molecule has 3 aromatic rings. The van der Waals surface area contributed by atoms with E-state index in [1.54, 1.807) is 10.8 Å². The molecule has 0 saturated carbocycles. The molecular weight excluding hydrogens is 411 g/mol. The van der Waals surface area contributed by atoms with Crippen molar-refractivity contribution in [2.75, 3.05) is 12.3 Å². The summed E-state index contributed by atoms with van der Waals surface area (Å²) in [5.41, 5.74) is 7.20. The zero-order valence-corrected chi connectivity index (χ0v) is 16.2. The molecule has 0 aliphatic carbocycles. The summed E-state index contributed by atoms with van der Waals surface area (Å²) in [5.74, 6) is 0.0248. The molecule has 4 rings (SSSR count). The molecular formula is C14H17N6O6PS. The van der Waals surface area contributed by atoms with Gasteiger partial charge in [-0.3, -0.25) is 9.09 Å². The lowest BCUT2D eigenvalue weighted by molar-refractivity contribution is -0.0425. The Hall–Kier alpha value is -1.99. The Balaban J connectivity index is 1.72. The number of aliphatic hydroxyl groups excluding tert-OH is 1. The summed E-state index contributed by atoms with van der Waals surface area (Å²) in [7, 11) is -4.74. The maximum Gasteiger partial charge on any atom is 0.469 e. The summed E-state index contributed by atoms with van der Waals surface area (Å²) >= 11 is 1.44. The summed E-state index contributed by atoms with van der Waals surface area (Å²) in [4.78, 5) is 36.3. The Morgan fingerprint density at radius 3 is 2.86 bits per heavy atom. The standard InChI is InChI=1S/C14H17N6O6PS/c1-6-3-16-13(28-6)11-10-12(19-14(15)18-11)20(5-17-10)9-2-7(8(4-21)25-9)26-27(22,23)24/h3,5,7-9,21H,2,4H2,1H3,(H2,15,18,19)(H2,22,23,24)/t7-,8+,9+/m0/s1. The van der Waals surface area contributed by atoms with E-state index in [1.807, 2.05) is 6.92 Å². The maximum atomic E-state index is 11.2. The second kappa shape index (κ2) is 7.12. The van der Waals surface area contributed by atoms with Gasteiger partial charge in [-0.15, -0.1) is 11.3 Å². The van der Waals surface area contributed by atoms with Crippen molar-refractivity contribution in [1.29, 1.82) is 0 Å². The summed E-state index contributed by atoms with van der Waals surface area (Å²) in [5, 5.41) is 10.1. The van der Waals surface area contributed by atoms with Crippen LogP contribution in [0, 0.1) is 6.92 Å². The fourth-order valence-electron chi connectivity index (χ4n) is 3.08. The third-order valence-corrected chi connectivity index (χ3v) is 5.67. The highest BCUT2D eigenvalue weighted by atomic mass is 32.1. The van der Waals surface area contributed by atoms with Gasteiger partial charge < -0.3 is 25.4 Å². The van der Waals surface area contributed by atoms with Gasteiger partial charge in [-0.2, -0.15) is 4.98 Å². The van der Waals surface area contributed by atoms with Crippen LogP contribution in [0.3, 0.4) is 0 Å². The molecule has 1 aliphatic rings. The van der Waals surface area contributed by atoms with Crippen molar-refractivity contribution < 1.29 is 28.7 Å². The first-order valence-corrected chi connectivity index (χ1v) is 10.5. The van der Waals surface area contributed by atoms with Crippen molar-refractivity contribution in [3.63, 3.8) is 0 Å². The Morgan fingerprint density at radius 2 is 2.21 bits per heavy atom. The van der Waals surface area contributed by atoms with Gasteiger partial charge in [0.25, 0.3) is 0 Å². The molecule has 0 amide bonds. The van der Waals surface area contributed by atoms with Crippen LogP contribution < -0.4 is 5.73 Å². The Labute approximate surface area is 162 Å². The van der Waals surface area contributed by atoms with E-state index in [0.717, 1.165) is 4.88 Å². The topological polar surface area (TPSA) is 179 Å². The van der Waals surface area contributed by atoms with Crippen molar-refractivity contribution >= 4 is 36.3 Å². The lowest BCUT2D eigenvalue weighted by atomic mass is 10.2. The molecule has 3 aromatic heterocycles. The van der Waals surface area contributed by atoms with Crippen LogP contribution >= 0.6 is 19.2 Å². The van der Waals surface area contributed by atoms with Gasteiger partial charge in [0.1, 0.15) is 34.7 Å². The predicted molar refractivity (Wildman–Crippen MR) is 98.1 cm³/mol. The van der Waals surface area contributed by atoms with Crippen LogP contribution in [0.1, 0.15) is 17.5 Å². The van der Waals surface area contributed by atoms with Crippen LogP contribution in [0.25, 0.3) is 21.9 Å². The van der Waals surface area contributed by atoms with Gasteiger partial charge >= 0.3 is 7.82 Å². The molecule has 0 spiro atoms. The van der Waals surface area contributed by atoms with Gasteiger partial charge in [0.2, 0.25) is 5.95 Å². The third kappa shape index (κ3) is 3.65. The van der Waals surface area contributed by atoms with Crippen LogP contribution in [0.5, 0.6) is 0 Å². The van der Waals surface area contributed by atoms with Crippen LogP contribution in [0.4, 0.5) is 5.95 Å². The van der Waals surface area contributed by atoms with E-state index in [2.05, 4.69) is 19.9 Å². The number of nitrogens with zero attached hydrogens (tertiary/aromatic N) is 5. The lowest BCUT2D eigenvalue weighted by Gasteiger charge is -2.16. The van der Waals surface area contributed by atoms with Gasteiger partial charge in [-0.05, 0) is 6.92 Å². The SMILES string of the molecule is Cc1cnc(-c2nc(N)nc3c2ncn3[C@H]2C[C@H](OP(=O)(O)O)[C@@H](CO)O2)s1. The fourth-order valence-corrected chi connectivity index (χ4v) is 4.41. The second-order valence-corrected chi connectivity index (χ2v) is 8.64. The average molecular weight is 428 g/mol. The zero-order chi connectivity index (χ0) is 20.1. The highest BCUT2D eigenvalue weighted by molar-refractivity contribution is 7.46. The van der Waals surface area contributed by atoms with Gasteiger partial charge in [-0.25, -0.2) is 19.5 Å². The number of phosphoric acid groups is 1. The van der Waals surface area contributed by atoms with Crippen LogP contribution in [-0.2, 0) is 13.8 Å². The monoisotopic (exact) mass is 428 g/mol. The normalized spacial score (nSPS) is 22.9. The number of imidazole rings is 1. The summed E-state index contributed by atoms with van der Waals surface area (Å²) in [6.07, 6.45) is 0.665. The first-order chi connectivity index (χ1) is 13.2. The molecule has 0 unspecified atom stereocenters. The molecule has 12 nitrogen and oxygen atoms in total. The number of nitrogen functional groups attached to an aromatic ring is 1. The molecule has 1 saturated heterocycles. The number of rotatable bonds is 5. The molecule has 0 radical (unpaired) electrons. The van der Waals surface area contributed by atoms with Gasteiger partial charge in [0.05, 0.1) is 12.9 Å². The predicted octanol–water partition coefficient (Wildman–Crippen LogP) is 0.598. The number of phosphoric ester groups is 1. The second-order valence-electron chi connectivity index (χ2n) is 6.21. The minimum absolute atomic E-state index is 0.0248. The molecule has 4 heterocycles. The van der Waals surface area contributed by atoms with Crippen LogP contribution in [0.2, 0.25) is 0 Å². The van der Waals surface area contributed by atoms with E-state index >= 15 is 0 Å². The highest BCUT2D eigenvalue weighted by Gasteiger charge is 2.41. The smallest absolute Gasteiger partial charge is 0.394 e. The Kier molecular flexibility index (Phi) is 4.91. The largest absolute Gasteiger partial charge is 0.469 e. The number of hydrogen-bond donors (Lipinski definition) is 4. The molecule has 150 valence electrons. The number of nitrogens with two attached hydrogens (primary N) is 1. The third-order valence-electron chi connectivity index (χ3n) is 4.21. The van der Waals surface area contributed by atoms with Crippen molar-refractivity contribution in [1.82, 2.24) is 24.5 Å². The van der Waals surface area contributed by atoms with E-state index in [1.165, 1.54) is 17.7 Å². The van der Waals surface area contributed by atoms with E-state index < -0.39 is 32.9 Å². The summed E-state index contributed by atoms with van der Waals surface area (Å²) in [6.45, 7) is 1.46. The van der Waals surface area contributed by atoms with E-state index in [4.69, 9.17) is 24.8 Å². The lowest BCUT2D eigenvalue weighted by Crippen LogP contribution is -2.26. The van der Waals surface area contributed by atoms with Gasteiger partial charge in [0, 0.05) is 17.5 Å². The fraction of sp³-hybridized carbons (Fsp3) is 0.429. The maximum absolute atomic E-state index is 11.2. The van der Waals surface area contributed by atoms with E-state index in [-0.39, 0.29) is 12.4 Å². The van der Waals surface area contributed by atoms with Crippen LogP contribution in [0.15, 0.2) is 12.5 Å². The molecule has 3 atom stereocenters. The van der Waals surface area contributed by atoms with Gasteiger partial charge in [0.15, 0.2) is 5.65 Å². The number of thiazole rings is 1. The number of hydrogen-bond acceptors (Lipinski definition) is 10. The number of aromatic nitrogens is 5. The summed E-state index contributed by atoms with van der Waals surface area (Å²) in [6, 6.07) is 0. The van der Waals surface area contributed by atoms with Crippen molar-refractivity contribution in [2.45, 2.75) is 31.8 Å². The number of anilines is 1. The summed E-state index contributed by atoms with van der Waals surface area (Å²) < 4.78 is 23.2. The molecule has 14 heteroatoms. The zero-order valence-electron chi connectivity index (χ0n) is 14.5. The number of fused-ring (bicyclic) bond motifs is 1. The van der Waals surface area contributed by atoms with Crippen molar-refractivity contribution in [3.8, 4) is 10.7 Å². The van der Waals surface area contributed by atoms with E-state index in [0.29, 0.717) is 21.9 Å². The molecule has 28 heavy (non-hydrogen) atoms.